The Bertz CT molecular complexity index is 1230. The largest absolute Gasteiger partial charge is 0.381 e. The fraction of sp³-hybridized carbons (Fsp3) is 0.381. The highest BCUT2D eigenvalue weighted by Gasteiger charge is 2.35. The average Bonchev–Trinajstić information content (AvgIpc) is 2.98. The number of sulfone groups is 1. The second kappa shape index (κ2) is 7.12. The Kier molecular flexibility index (Phi) is 4.88. The van der Waals surface area contributed by atoms with E-state index in [4.69, 9.17) is 9.47 Å². The summed E-state index contributed by atoms with van der Waals surface area (Å²) in [5.41, 5.74) is 1.35. The summed E-state index contributed by atoms with van der Waals surface area (Å²) in [6.45, 7) is 1.15. The highest BCUT2D eigenvalue weighted by atomic mass is 32.2. The summed E-state index contributed by atoms with van der Waals surface area (Å²) in [5.74, 6) is 0. The van der Waals surface area contributed by atoms with E-state index in [-0.39, 0.29) is 15.5 Å². The Labute approximate surface area is 169 Å². The van der Waals surface area contributed by atoms with Crippen LogP contribution in [0, 0.1) is 0 Å². The third-order valence-corrected chi connectivity index (χ3v) is 7.66. The number of imidazole rings is 1. The van der Waals surface area contributed by atoms with Crippen molar-refractivity contribution in [2.24, 2.45) is 14.1 Å². The molecule has 2 aromatic carbocycles. The van der Waals surface area contributed by atoms with Crippen molar-refractivity contribution in [1.29, 1.82) is 0 Å². The smallest absolute Gasteiger partial charge is 0.328 e. The molecular weight excluding hydrogens is 392 g/mol. The molecule has 0 radical (unpaired) electrons. The molecule has 1 aliphatic heterocycles. The van der Waals surface area contributed by atoms with E-state index in [0.717, 1.165) is 5.56 Å². The lowest BCUT2D eigenvalue weighted by Crippen LogP contribution is -2.35. The second-order valence-corrected chi connectivity index (χ2v) is 9.34. The van der Waals surface area contributed by atoms with Crippen LogP contribution in [0.2, 0.25) is 0 Å². The first-order valence-electron chi connectivity index (χ1n) is 9.44. The van der Waals surface area contributed by atoms with E-state index in [0.29, 0.717) is 37.1 Å². The van der Waals surface area contributed by atoms with Gasteiger partial charge in [0.2, 0.25) is 9.84 Å². The molecule has 0 aliphatic carbocycles. The highest BCUT2D eigenvalue weighted by molar-refractivity contribution is 7.91. The van der Waals surface area contributed by atoms with Crippen LogP contribution in [0.15, 0.2) is 57.1 Å². The summed E-state index contributed by atoms with van der Waals surface area (Å²) in [4.78, 5) is 12.5. The van der Waals surface area contributed by atoms with Gasteiger partial charge in [-0.25, -0.2) is 13.2 Å². The number of nitrogens with zero attached hydrogens (tertiary/aromatic N) is 2. The van der Waals surface area contributed by atoms with Crippen molar-refractivity contribution >= 4 is 20.9 Å². The first-order valence-corrected chi connectivity index (χ1v) is 10.9. The Morgan fingerprint density at radius 3 is 2.31 bits per heavy atom. The maximum absolute atomic E-state index is 13.3. The minimum Gasteiger partial charge on any atom is -0.381 e. The first-order chi connectivity index (χ1) is 13.8. The lowest BCUT2D eigenvalue weighted by Gasteiger charge is -2.36. The van der Waals surface area contributed by atoms with Crippen molar-refractivity contribution in [3.05, 3.63) is 58.5 Å². The van der Waals surface area contributed by atoms with Gasteiger partial charge in [-0.15, -0.1) is 0 Å². The van der Waals surface area contributed by atoms with E-state index in [9.17, 15) is 13.2 Å². The van der Waals surface area contributed by atoms with E-state index in [1.807, 2.05) is 6.07 Å². The van der Waals surface area contributed by atoms with Crippen LogP contribution in [0.25, 0.3) is 11.0 Å². The number of methoxy groups -OCH3 is 1. The van der Waals surface area contributed by atoms with Gasteiger partial charge in [-0.2, -0.15) is 0 Å². The van der Waals surface area contributed by atoms with Gasteiger partial charge in [0.05, 0.1) is 26.4 Å². The van der Waals surface area contributed by atoms with Gasteiger partial charge in [0.15, 0.2) is 0 Å². The van der Waals surface area contributed by atoms with Crippen LogP contribution in [0.1, 0.15) is 18.4 Å². The molecule has 0 bridgehead atoms. The molecule has 0 saturated carbocycles. The molecule has 8 heteroatoms. The molecule has 154 valence electrons. The Hall–Kier alpha value is -2.42. The number of aryl methyl sites for hydroxylation is 2. The summed E-state index contributed by atoms with van der Waals surface area (Å²) in [5, 5.41) is 0. The van der Waals surface area contributed by atoms with Gasteiger partial charge in [0.25, 0.3) is 0 Å². The fourth-order valence-electron chi connectivity index (χ4n) is 4.05. The van der Waals surface area contributed by atoms with E-state index < -0.39 is 15.4 Å². The molecular formula is C21H24N2O5S. The van der Waals surface area contributed by atoms with Crippen molar-refractivity contribution < 1.29 is 17.9 Å². The van der Waals surface area contributed by atoms with Gasteiger partial charge in [-0.3, -0.25) is 9.13 Å². The molecule has 0 unspecified atom stereocenters. The van der Waals surface area contributed by atoms with Gasteiger partial charge < -0.3 is 9.47 Å². The number of hydrogen-bond acceptors (Lipinski definition) is 5. The first kappa shape index (κ1) is 19.9. The molecule has 7 nitrogen and oxygen atoms in total. The zero-order valence-electron chi connectivity index (χ0n) is 16.7. The van der Waals surface area contributed by atoms with Crippen LogP contribution in [-0.4, -0.2) is 37.9 Å². The molecule has 1 fully saturated rings. The van der Waals surface area contributed by atoms with E-state index >= 15 is 0 Å². The zero-order chi connectivity index (χ0) is 20.8. The molecule has 3 aromatic rings. The van der Waals surface area contributed by atoms with Gasteiger partial charge in [-0.1, -0.05) is 12.1 Å². The van der Waals surface area contributed by atoms with Crippen LogP contribution >= 0.6 is 0 Å². The third kappa shape index (κ3) is 3.11. The summed E-state index contributed by atoms with van der Waals surface area (Å²) in [6, 6.07) is 11.7. The van der Waals surface area contributed by atoms with Crippen molar-refractivity contribution in [3.8, 4) is 0 Å². The van der Waals surface area contributed by atoms with Crippen molar-refractivity contribution in [3.63, 3.8) is 0 Å². The number of fused-ring (bicyclic) bond motifs is 1. The third-order valence-electron chi connectivity index (χ3n) is 5.92. The zero-order valence-corrected chi connectivity index (χ0v) is 17.5. The van der Waals surface area contributed by atoms with E-state index in [1.165, 1.54) is 9.13 Å². The standard InChI is InChI=1S/C21H24N2O5S/c1-22-18-8-7-17(14-19(18)23(2)20(22)24)29(25,26)16-6-4-5-15(13-16)21(27-3)9-11-28-12-10-21/h4-8,13-14H,9-12H2,1-3H3. The molecule has 0 amide bonds. The maximum atomic E-state index is 13.3. The van der Waals surface area contributed by atoms with Crippen LogP contribution in [0.4, 0.5) is 0 Å². The normalized spacial score (nSPS) is 16.9. The SMILES string of the molecule is COC1(c2cccc(S(=O)(=O)c3ccc4c(c3)n(C)c(=O)n4C)c2)CCOCC1. The predicted octanol–water partition coefficient (Wildman–Crippen LogP) is 2.36. The molecule has 0 N–H and O–H groups in total. The Morgan fingerprint density at radius 2 is 1.62 bits per heavy atom. The summed E-state index contributed by atoms with van der Waals surface area (Å²) in [7, 11) is 1.19. The minimum atomic E-state index is -3.76. The fourth-order valence-corrected chi connectivity index (χ4v) is 5.37. The summed E-state index contributed by atoms with van der Waals surface area (Å²) >= 11 is 0. The van der Waals surface area contributed by atoms with Crippen molar-refractivity contribution in [1.82, 2.24) is 9.13 Å². The maximum Gasteiger partial charge on any atom is 0.328 e. The molecule has 1 aromatic heterocycles. The molecule has 0 spiro atoms. The average molecular weight is 416 g/mol. The van der Waals surface area contributed by atoms with Crippen molar-refractivity contribution in [2.45, 2.75) is 28.2 Å². The number of benzene rings is 2. The quantitative estimate of drug-likeness (QED) is 0.652. The van der Waals surface area contributed by atoms with Crippen molar-refractivity contribution in [2.75, 3.05) is 20.3 Å². The Morgan fingerprint density at radius 1 is 0.966 bits per heavy atom. The summed E-state index contributed by atoms with van der Waals surface area (Å²) in [6.07, 6.45) is 1.34. The van der Waals surface area contributed by atoms with Gasteiger partial charge in [0.1, 0.15) is 0 Å². The lowest BCUT2D eigenvalue weighted by molar-refractivity contribution is -0.0948. The van der Waals surface area contributed by atoms with E-state index in [1.54, 1.807) is 57.6 Å². The second-order valence-electron chi connectivity index (χ2n) is 7.39. The van der Waals surface area contributed by atoms with Crippen LogP contribution in [0.3, 0.4) is 0 Å². The molecule has 2 heterocycles. The molecule has 1 saturated heterocycles. The lowest BCUT2D eigenvalue weighted by atomic mass is 9.86. The molecule has 29 heavy (non-hydrogen) atoms. The van der Waals surface area contributed by atoms with Gasteiger partial charge >= 0.3 is 5.69 Å². The Balaban J connectivity index is 1.81. The molecule has 1 aliphatic rings. The van der Waals surface area contributed by atoms with Gasteiger partial charge in [-0.05, 0) is 35.9 Å². The van der Waals surface area contributed by atoms with Crippen LogP contribution < -0.4 is 5.69 Å². The topological polar surface area (TPSA) is 79.5 Å². The number of rotatable bonds is 4. The van der Waals surface area contributed by atoms with E-state index in [2.05, 4.69) is 0 Å². The molecule has 4 rings (SSSR count). The summed E-state index contributed by atoms with van der Waals surface area (Å²) < 4.78 is 40.9. The highest BCUT2D eigenvalue weighted by Crippen LogP contribution is 2.37. The van der Waals surface area contributed by atoms with Crippen LogP contribution in [0.5, 0.6) is 0 Å². The molecule has 0 atom stereocenters. The van der Waals surface area contributed by atoms with Crippen LogP contribution in [-0.2, 0) is 39.0 Å². The number of ether oxygens (including phenoxy) is 2. The minimum absolute atomic E-state index is 0.154. The number of hydrogen-bond donors (Lipinski definition) is 0. The predicted molar refractivity (Wildman–Crippen MR) is 109 cm³/mol. The number of aromatic nitrogens is 2. The monoisotopic (exact) mass is 416 g/mol. The van der Waals surface area contributed by atoms with Gasteiger partial charge in [0, 0.05) is 47.3 Å².